The van der Waals surface area contributed by atoms with E-state index in [0.29, 0.717) is 12.2 Å². The molecule has 0 aliphatic carbocycles. The SMILES string of the molecule is Cc1ccc(NC(=O)C(C)(C)C(=O)NCC2CCCO2)c(Br)c1. The molecule has 2 N–H and O–H groups in total. The normalized spacial score (nSPS) is 17.8. The summed E-state index contributed by atoms with van der Waals surface area (Å²) >= 11 is 3.42. The first kappa shape index (κ1) is 17.9. The largest absolute Gasteiger partial charge is 0.376 e. The van der Waals surface area contributed by atoms with Crippen LogP contribution in [0.25, 0.3) is 0 Å². The van der Waals surface area contributed by atoms with Gasteiger partial charge in [-0.3, -0.25) is 9.59 Å². The summed E-state index contributed by atoms with van der Waals surface area (Å²) in [5, 5.41) is 5.63. The molecule has 1 saturated heterocycles. The molecular weight excluding hydrogens is 360 g/mol. The molecule has 126 valence electrons. The molecule has 23 heavy (non-hydrogen) atoms. The molecule has 6 heteroatoms. The number of benzene rings is 1. The summed E-state index contributed by atoms with van der Waals surface area (Å²) in [7, 11) is 0. The number of hydrogen-bond acceptors (Lipinski definition) is 3. The Morgan fingerprint density at radius 2 is 2.09 bits per heavy atom. The Morgan fingerprint density at radius 3 is 2.70 bits per heavy atom. The molecule has 2 rings (SSSR count). The first-order valence-electron chi connectivity index (χ1n) is 7.78. The van der Waals surface area contributed by atoms with Crippen LogP contribution in [-0.4, -0.2) is 31.1 Å². The zero-order chi connectivity index (χ0) is 17.0. The lowest BCUT2D eigenvalue weighted by Gasteiger charge is -2.24. The molecule has 1 aromatic carbocycles. The number of ether oxygens (including phenoxy) is 1. The van der Waals surface area contributed by atoms with Gasteiger partial charge in [-0.2, -0.15) is 0 Å². The zero-order valence-electron chi connectivity index (χ0n) is 13.7. The molecule has 1 aliphatic rings. The molecule has 0 radical (unpaired) electrons. The average molecular weight is 383 g/mol. The maximum absolute atomic E-state index is 12.5. The summed E-state index contributed by atoms with van der Waals surface area (Å²) < 4.78 is 6.27. The molecule has 1 atom stereocenters. The van der Waals surface area contributed by atoms with E-state index < -0.39 is 5.41 Å². The number of nitrogens with one attached hydrogen (secondary N) is 2. The van der Waals surface area contributed by atoms with Crippen LogP contribution in [0.15, 0.2) is 22.7 Å². The van der Waals surface area contributed by atoms with Crippen LogP contribution in [0.2, 0.25) is 0 Å². The molecule has 0 bridgehead atoms. The van der Waals surface area contributed by atoms with Gasteiger partial charge in [-0.1, -0.05) is 6.07 Å². The molecule has 1 unspecified atom stereocenters. The van der Waals surface area contributed by atoms with Gasteiger partial charge in [0.2, 0.25) is 11.8 Å². The number of carbonyl (C=O) groups excluding carboxylic acids is 2. The molecule has 0 aromatic heterocycles. The van der Waals surface area contributed by atoms with Crippen molar-refractivity contribution in [2.24, 2.45) is 5.41 Å². The summed E-state index contributed by atoms with van der Waals surface area (Å²) in [4.78, 5) is 24.8. The smallest absolute Gasteiger partial charge is 0.239 e. The van der Waals surface area contributed by atoms with Gasteiger partial charge in [0.15, 0.2) is 0 Å². The van der Waals surface area contributed by atoms with Crippen molar-refractivity contribution in [2.75, 3.05) is 18.5 Å². The number of hydrogen-bond donors (Lipinski definition) is 2. The van der Waals surface area contributed by atoms with Crippen LogP contribution in [0, 0.1) is 12.3 Å². The van der Waals surface area contributed by atoms with Gasteiger partial charge < -0.3 is 15.4 Å². The highest BCUT2D eigenvalue weighted by molar-refractivity contribution is 9.10. The van der Waals surface area contributed by atoms with E-state index in [-0.39, 0.29) is 17.9 Å². The molecule has 1 aromatic rings. The lowest BCUT2D eigenvalue weighted by atomic mass is 9.90. The fraction of sp³-hybridized carbons (Fsp3) is 0.529. The zero-order valence-corrected chi connectivity index (χ0v) is 15.3. The minimum absolute atomic E-state index is 0.0593. The molecule has 1 heterocycles. The first-order valence-corrected chi connectivity index (χ1v) is 8.57. The lowest BCUT2D eigenvalue weighted by molar-refractivity contribution is -0.138. The van der Waals surface area contributed by atoms with Gasteiger partial charge in [0.05, 0.1) is 11.8 Å². The van der Waals surface area contributed by atoms with Gasteiger partial charge in [-0.05, 0) is 67.2 Å². The van der Waals surface area contributed by atoms with Crippen molar-refractivity contribution in [1.82, 2.24) is 5.32 Å². The summed E-state index contributed by atoms with van der Waals surface area (Å²) in [6, 6.07) is 5.64. The highest BCUT2D eigenvalue weighted by atomic mass is 79.9. The molecule has 2 amide bonds. The molecule has 0 spiro atoms. The Kier molecular flexibility index (Phi) is 5.81. The third-order valence-corrected chi connectivity index (χ3v) is 4.68. The second-order valence-corrected chi connectivity index (χ2v) is 7.26. The van der Waals surface area contributed by atoms with Crippen LogP contribution in [0.5, 0.6) is 0 Å². The van der Waals surface area contributed by atoms with Crippen LogP contribution in [-0.2, 0) is 14.3 Å². The van der Waals surface area contributed by atoms with E-state index in [1.165, 1.54) is 0 Å². The van der Waals surface area contributed by atoms with E-state index in [1.807, 2.05) is 25.1 Å². The number of halogens is 1. The van der Waals surface area contributed by atoms with Gasteiger partial charge in [0.1, 0.15) is 5.41 Å². The van der Waals surface area contributed by atoms with Crippen molar-refractivity contribution in [3.05, 3.63) is 28.2 Å². The van der Waals surface area contributed by atoms with Crippen LogP contribution in [0.3, 0.4) is 0 Å². The molecular formula is C17H23BrN2O3. The fourth-order valence-corrected chi connectivity index (χ4v) is 2.93. The molecule has 5 nitrogen and oxygen atoms in total. The van der Waals surface area contributed by atoms with Gasteiger partial charge in [-0.25, -0.2) is 0 Å². The minimum Gasteiger partial charge on any atom is -0.376 e. The monoisotopic (exact) mass is 382 g/mol. The van der Waals surface area contributed by atoms with E-state index >= 15 is 0 Å². The van der Waals surface area contributed by atoms with Crippen molar-refractivity contribution in [2.45, 2.75) is 39.7 Å². The maximum Gasteiger partial charge on any atom is 0.239 e. The predicted molar refractivity (Wildman–Crippen MR) is 93.3 cm³/mol. The van der Waals surface area contributed by atoms with Crippen molar-refractivity contribution < 1.29 is 14.3 Å². The third-order valence-electron chi connectivity index (χ3n) is 4.02. The Labute approximate surface area is 145 Å². The van der Waals surface area contributed by atoms with Crippen molar-refractivity contribution in [3.8, 4) is 0 Å². The van der Waals surface area contributed by atoms with Gasteiger partial charge in [0, 0.05) is 17.6 Å². The van der Waals surface area contributed by atoms with E-state index in [4.69, 9.17) is 4.74 Å². The van der Waals surface area contributed by atoms with E-state index in [1.54, 1.807) is 13.8 Å². The number of rotatable bonds is 5. The van der Waals surface area contributed by atoms with Crippen molar-refractivity contribution in [1.29, 1.82) is 0 Å². The summed E-state index contributed by atoms with van der Waals surface area (Å²) in [5.41, 5.74) is 0.576. The van der Waals surface area contributed by atoms with Crippen molar-refractivity contribution in [3.63, 3.8) is 0 Å². The van der Waals surface area contributed by atoms with Gasteiger partial charge in [-0.15, -0.1) is 0 Å². The van der Waals surface area contributed by atoms with E-state index in [2.05, 4.69) is 26.6 Å². The third kappa shape index (κ3) is 4.54. The van der Waals surface area contributed by atoms with Gasteiger partial charge >= 0.3 is 0 Å². The first-order chi connectivity index (χ1) is 10.8. The summed E-state index contributed by atoms with van der Waals surface area (Å²) in [6.07, 6.45) is 2.03. The Bertz CT molecular complexity index is 596. The Balaban J connectivity index is 1.96. The van der Waals surface area contributed by atoms with Crippen LogP contribution >= 0.6 is 15.9 Å². The number of amides is 2. The van der Waals surface area contributed by atoms with E-state index in [9.17, 15) is 9.59 Å². The number of carbonyl (C=O) groups is 2. The highest BCUT2D eigenvalue weighted by Gasteiger charge is 2.36. The van der Waals surface area contributed by atoms with E-state index in [0.717, 1.165) is 29.5 Å². The number of anilines is 1. The molecule has 1 fully saturated rings. The second-order valence-electron chi connectivity index (χ2n) is 6.41. The second kappa shape index (κ2) is 7.45. The topological polar surface area (TPSA) is 67.4 Å². The average Bonchev–Trinajstić information content (AvgIpc) is 3.00. The Morgan fingerprint density at radius 1 is 1.35 bits per heavy atom. The number of aryl methyl sites for hydroxylation is 1. The maximum atomic E-state index is 12.5. The summed E-state index contributed by atoms with van der Waals surface area (Å²) in [5.74, 6) is -0.638. The van der Waals surface area contributed by atoms with Gasteiger partial charge in [0.25, 0.3) is 0 Å². The van der Waals surface area contributed by atoms with Crippen LogP contribution < -0.4 is 10.6 Å². The quantitative estimate of drug-likeness (QED) is 0.769. The highest BCUT2D eigenvalue weighted by Crippen LogP contribution is 2.26. The van der Waals surface area contributed by atoms with Crippen molar-refractivity contribution >= 4 is 33.4 Å². The van der Waals surface area contributed by atoms with Crippen LogP contribution in [0.4, 0.5) is 5.69 Å². The standard InChI is InChI=1S/C17H23BrN2O3/c1-11-6-7-14(13(18)9-11)20-16(22)17(2,3)15(21)19-10-12-5-4-8-23-12/h6-7,9,12H,4-5,8,10H2,1-3H3,(H,19,21)(H,20,22). The minimum atomic E-state index is -1.16. The lowest BCUT2D eigenvalue weighted by Crippen LogP contribution is -2.47. The predicted octanol–water partition coefficient (Wildman–Crippen LogP) is 3.02. The van der Waals surface area contributed by atoms with Crippen LogP contribution in [0.1, 0.15) is 32.3 Å². The summed E-state index contributed by atoms with van der Waals surface area (Å²) in [6.45, 7) is 6.40. The molecule has 0 saturated carbocycles. The Hall–Kier alpha value is -1.40. The molecule has 1 aliphatic heterocycles. The fourth-order valence-electron chi connectivity index (χ4n) is 2.34.